The summed E-state index contributed by atoms with van der Waals surface area (Å²) in [4.78, 5) is 12.8. The fraction of sp³-hybridized carbons (Fsp3) is 0.346. The molecular weight excluding hydrogens is 455 g/mol. The van der Waals surface area contributed by atoms with Crippen LogP contribution in [0.4, 0.5) is 10.1 Å². The molecule has 176 valence electrons. The number of aryl methyl sites for hydroxylation is 1. The third-order valence-electron chi connectivity index (χ3n) is 6.28. The molecular formula is C26H26ClFN4O2. The molecule has 1 heterocycles. The smallest absolute Gasteiger partial charge is 0.227 e. The van der Waals surface area contributed by atoms with E-state index in [2.05, 4.69) is 10.4 Å². The Morgan fingerprint density at radius 1 is 1.21 bits per heavy atom. The van der Waals surface area contributed by atoms with Gasteiger partial charge in [-0.05, 0) is 75.9 Å². The molecule has 1 aliphatic carbocycles. The number of anilines is 1. The van der Waals surface area contributed by atoms with Crippen LogP contribution in [-0.2, 0) is 16.1 Å². The standard InChI is InChI=1S/C26H26ClFN4O2/c1-16-25(27)17(2)32(31-16)22-9-7-21(8-10-22)30-26(33)19-5-11-23(12-6-19)34-15-20-4-3-18(14-29)13-24(20)28/h3-4,7-10,13,19,23H,5-6,11-12,15H2,1-2H3,(H,30,33). The predicted molar refractivity (Wildman–Crippen MR) is 128 cm³/mol. The lowest BCUT2D eigenvalue weighted by Gasteiger charge is -2.28. The van der Waals surface area contributed by atoms with Gasteiger partial charge in [0.25, 0.3) is 0 Å². The van der Waals surface area contributed by atoms with Gasteiger partial charge in [0, 0.05) is 17.2 Å². The van der Waals surface area contributed by atoms with E-state index in [-0.39, 0.29) is 24.5 Å². The van der Waals surface area contributed by atoms with Crippen molar-refractivity contribution in [1.82, 2.24) is 9.78 Å². The van der Waals surface area contributed by atoms with Crippen LogP contribution >= 0.6 is 11.6 Å². The molecule has 0 radical (unpaired) electrons. The van der Waals surface area contributed by atoms with Gasteiger partial charge in [0.2, 0.25) is 5.91 Å². The van der Waals surface area contributed by atoms with Crippen LogP contribution in [0, 0.1) is 36.9 Å². The zero-order valence-corrected chi connectivity index (χ0v) is 19.9. The van der Waals surface area contributed by atoms with Crippen molar-refractivity contribution in [2.75, 3.05) is 5.32 Å². The molecule has 0 atom stereocenters. The number of halogens is 2. The molecule has 1 amide bonds. The van der Waals surface area contributed by atoms with Crippen LogP contribution < -0.4 is 5.32 Å². The number of hydrogen-bond acceptors (Lipinski definition) is 4. The van der Waals surface area contributed by atoms with Crippen molar-refractivity contribution < 1.29 is 13.9 Å². The summed E-state index contributed by atoms with van der Waals surface area (Å²) < 4.78 is 21.7. The fourth-order valence-electron chi connectivity index (χ4n) is 4.24. The van der Waals surface area contributed by atoms with Crippen molar-refractivity contribution >= 4 is 23.2 Å². The summed E-state index contributed by atoms with van der Waals surface area (Å²) in [7, 11) is 0. The van der Waals surface area contributed by atoms with Crippen LogP contribution in [0.3, 0.4) is 0 Å². The molecule has 1 aromatic heterocycles. The maximum Gasteiger partial charge on any atom is 0.227 e. The molecule has 4 rings (SSSR count). The summed E-state index contributed by atoms with van der Waals surface area (Å²) in [6.07, 6.45) is 2.91. The predicted octanol–water partition coefficient (Wildman–Crippen LogP) is 5.87. The second-order valence-electron chi connectivity index (χ2n) is 8.64. The van der Waals surface area contributed by atoms with Gasteiger partial charge in [-0.1, -0.05) is 17.7 Å². The second kappa shape index (κ2) is 10.4. The minimum atomic E-state index is -0.431. The Morgan fingerprint density at radius 2 is 1.91 bits per heavy atom. The average molecular weight is 481 g/mol. The highest BCUT2D eigenvalue weighted by molar-refractivity contribution is 6.31. The number of nitrogens with one attached hydrogen (secondary N) is 1. The maximum absolute atomic E-state index is 14.0. The fourth-order valence-corrected chi connectivity index (χ4v) is 4.36. The highest BCUT2D eigenvalue weighted by atomic mass is 35.5. The molecule has 0 aliphatic heterocycles. The minimum absolute atomic E-state index is 0.00139. The monoisotopic (exact) mass is 480 g/mol. The van der Waals surface area contributed by atoms with Gasteiger partial charge >= 0.3 is 0 Å². The quantitative estimate of drug-likeness (QED) is 0.478. The molecule has 1 aliphatic rings. The molecule has 0 bridgehead atoms. The number of rotatable bonds is 6. The van der Waals surface area contributed by atoms with Crippen LogP contribution in [0.1, 0.15) is 48.2 Å². The Hall–Kier alpha value is -3.21. The van der Waals surface area contributed by atoms with Crippen molar-refractivity contribution in [2.45, 2.75) is 52.2 Å². The van der Waals surface area contributed by atoms with Crippen molar-refractivity contribution in [3.05, 3.63) is 75.8 Å². The van der Waals surface area contributed by atoms with E-state index in [1.807, 2.05) is 44.2 Å². The Balaban J connectivity index is 1.27. The lowest BCUT2D eigenvalue weighted by Crippen LogP contribution is -2.30. The van der Waals surface area contributed by atoms with Gasteiger partial charge in [-0.25, -0.2) is 9.07 Å². The van der Waals surface area contributed by atoms with E-state index in [9.17, 15) is 9.18 Å². The van der Waals surface area contributed by atoms with Crippen LogP contribution in [0.5, 0.6) is 0 Å². The lowest BCUT2D eigenvalue weighted by molar-refractivity contribution is -0.121. The third-order valence-corrected chi connectivity index (χ3v) is 6.83. The molecule has 3 aromatic rings. The topological polar surface area (TPSA) is 79.9 Å². The van der Waals surface area contributed by atoms with Crippen LogP contribution in [0.2, 0.25) is 5.02 Å². The first-order chi connectivity index (χ1) is 16.4. The number of nitrogens with zero attached hydrogens (tertiary/aromatic N) is 3. The molecule has 34 heavy (non-hydrogen) atoms. The first-order valence-electron chi connectivity index (χ1n) is 11.3. The summed E-state index contributed by atoms with van der Waals surface area (Å²) in [6.45, 7) is 3.94. The summed E-state index contributed by atoms with van der Waals surface area (Å²) in [5.74, 6) is -0.515. The van der Waals surface area contributed by atoms with Gasteiger partial charge < -0.3 is 10.1 Å². The van der Waals surface area contributed by atoms with Crippen LogP contribution in [-0.4, -0.2) is 21.8 Å². The largest absolute Gasteiger partial charge is 0.373 e. The number of ether oxygens (including phenoxy) is 1. The SMILES string of the molecule is Cc1nn(-c2ccc(NC(=O)C3CCC(OCc4ccc(C#N)cc4F)CC3)cc2)c(C)c1Cl. The summed E-state index contributed by atoms with van der Waals surface area (Å²) in [6, 6.07) is 13.8. The van der Waals surface area contributed by atoms with Crippen molar-refractivity contribution in [3.8, 4) is 11.8 Å². The molecule has 2 aromatic carbocycles. The molecule has 0 spiro atoms. The number of amides is 1. The van der Waals surface area contributed by atoms with E-state index in [0.29, 0.717) is 29.0 Å². The van der Waals surface area contributed by atoms with Crippen molar-refractivity contribution in [1.29, 1.82) is 5.26 Å². The lowest BCUT2D eigenvalue weighted by atomic mass is 9.86. The van der Waals surface area contributed by atoms with E-state index in [1.165, 1.54) is 6.07 Å². The number of nitriles is 1. The Kier molecular flexibility index (Phi) is 7.30. The maximum atomic E-state index is 14.0. The number of aromatic nitrogens is 2. The third kappa shape index (κ3) is 5.30. The Labute approximate surface area is 203 Å². The van der Waals surface area contributed by atoms with Gasteiger partial charge in [0.05, 0.1) is 46.4 Å². The molecule has 0 saturated heterocycles. The van der Waals surface area contributed by atoms with Crippen molar-refractivity contribution in [2.24, 2.45) is 5.92 Å². The van der Waals surface area contributed by atoms with Gasteiger partial charge in [0.1, 0.15) is 5.82 Å². The van der Waals surface area contributed by atoms with Gasteiger partial charge in [-0.3, -0.25) is 4.79 Å². The van der Waals surface area contributed by atoms with E-state index in [1.54, 1.807) is 16.8 Å². The van der Waals surface area contributed by atoms with Crippen LogP contribution in [0.25, 0.3) is 5.69 Å². The summed E-state index contributed by atoms with van der Waals surface area (Å²) >= 11 is 6.24. The average Bonchev–Trinajstić information content (AvgIpc) is 3.11. The normalized spacial score (nSPS) is 17.9. The number of benzene rings is 2. The van der Waals surface area contributed by atoms with Crippen LogP contribution in [0.15, 0.2) is 42.5 Å². The summed E-state index contributed by atoms with van der Waals surface area (Å²) in [5, 5.41) is 16.9. The van der Waals surface area contributed by atoms with Gasteiger partial charge in [-0.15, -0.1) is 0 Å². The van der Waals surface area contributed by atoms with Gasteiger partial charge in [0.15, 0.2) is 0 Å². The number of carbonyl (C=O) groups excluding carboxylic acids is 1. The zero-order valence-electron chi connectivity index (χ0n) is 19.1. The number of hydrogen-bond donors (Lipinski definition) is 1. The molecule has 1 fully saturated rings. The zero-order chi connectivity index (χ0) is 24.2. The molecule has 1 N–H and O–H groups in total. The first kappa shape index (κ1) is 23.9. The summed E-state index contributed by atoms with van der Waals surface area (Å²) in [5.41, 5.74) is 3.98. The van der Waals surface area contributed by atoms with E-state index < -0.39 is 5.82 Å². The highest BCUT2D eigenvalue weighted by Gasteiger charge is 2.27. The molecule has 8 heteroatoms. The van der Waals surface area contributed by atoms with E-state index >= 15 is 0 Å². The van der Waals surface area contributed by atoms with Gasteiger partial charge in [-0.2, -0.15) is 10.4 Å². The highest BCUT2D eigenvalue weighted by Crippen LogP contribution is 2.29. The van der Waals surface area contributed by atoms with Crippen molar-refractivity contribution in [3.63, 3.8) is 0 Å². The Bertz CT molecular complexity index is 1220. The Morgan fingerprint density at radius 3 is 2.50 bits per heavy atom. The number of carbonyl (C=O) groups is 1. The molecule has 1 saturated carbocycles. The first-order valence-corrected chi connectivity index (χ1v) is 11.7. The second-order valence-corrected chi connectivity index (χ2v) is 9.01. The van der Waals surface area contributed by atoms with E-state index in [4.69, 9.17) is 21.6 Å². The van der Waals surface area contributed by atoms with E-state index in [0.717, 1.165) is 35.6 Å². The molecule has 0 unspecified atom stereocenters. The minimum Gasteiger partial charge on any atom is -0.373 e. The molecule has 6 nitrogen and oxygen atoms in total.